The van der Waals surface area contributed by atoms with Crippen molar-refractivity contribution in [1.29, 1.82) is 0 Å². The molecule has 0 saturated carbocycles. The number of carboxylic acids is 1. The molecule has 1 amide bonds. The largest absolute Gasteiger partial charge is 0.480 e. The van der Waals surface area contributed by atoms with Crippen LogP contribution in [0.4, 0.5) is 0 Å². The maximum Gasteiger partial charge on any atom is 0.326 e. The average Bonchev–Trinajstić information content (AvgIpc) is 2.94. The fourth-order valence-electron chi connectivity index (χ4n) is 2.59. The fraction of sp³-hybridized carbons (Fsp3) is 0.467. The third-order valence-electron chi connectivity index (χ3n) is 3.72. The van der Waals surface area contributed by atoms with Crippen LogP contribution in [0.25, 0.3) is 0 Å². The van der Waals surface area contributed by atoms with E-state index in [2.05, 4.69) is 0 Å². The quantitative estimate of drug-likeness (QED) is 0.841. The Morgan fingerprint density at radius 2 is 2.05 bits per heavy atom. The van der Waals surface area contributed by atoms with Crippen LogP contribution in [0.5, 0.6) is 0 Å². The van der Waals surface area contributed by atoms with E-state index in [1.54, 1.807) is 0 Å². The zero-order valence-electron chi connectivity index (χ0n) is 11.4. The van der Waals surface area contributed by atoms with Gasteiger partial charge in [-0.2, -0.15) is 0 Å². The van der Waals surface area contributed by atoms with Crippen LogP contribution < -0.4 is 5.73 Å². The minimum absolute atomic E-state index is 0.245. The van der Waals surface area contributed by atoms with E-state index in [0.717, 1.165) is 18.4 Å². The van der Waals surface area contributed by atoms with Gasteiger partial charge >= 0.3 is 5.97 Å². The molecule has 5 heteroatoms. The molecular formula is C15H20N2O3. The van der Waals surface area contributed by atoms with Crippen molar-refractivity contribution in [3.8, 4) is 0 Å². The first-order valence-corrected chi connectivity index (χ1v) is 6.92. The van der Waals surface area contributed by atoms with Gasteiger partial charge in [0.05, 0.1) is 6.04 Å². The molecule has 0 radical (unpaired) electrons. The molecular weight excluding hydrogens is 256 g/mol. The van der Waals surface area contributed by atoms with Crippen LogP contribution in [0.1, 0.15) is 24.8 Å². The second-order valence-corrected chi connectivity index (χ2v) is 5.16. The number of likely N-dealkylation sites (tertiary alicyclic amines) is 1. The Hall–Kier alpha value is -1.88. The lowest BCUT2D eigenvalue weighted by atomic mass is 10.0. The van der Waals surface area contributed by atoms with Gasteiger partial charge in [0.2, 0.25) is 5.91 Å². The van der Waals surface area contributed by atoms with Crippen LogP contribution >= 0.6 is 0 Å². The minimum Gasteiger partial charge on any atom is -0.480 e. The predicted molar refractivity (Wildman–Crippen MR) is 75.1 cm³/mol. The molecule has 1 aromatic carbocycles. The van der Waals surface area contributed by atoms with Crippen LogP contribution in [0, 0.1) is 0 Å². The topological polar surface area (TPSA) is 83.6 Å². The maximum atomic E-state index is 12.2. The molecule has 1 heterocycles. The number of carbonyl (C=O) groups is 2. The monoisotopic (exact) mass is 276 g/mol. The van der Waals surface area contributed by atoms with Crippen LogP contribution in [-0.4, -0.2) is 40.5 Å². The molecule has 2 rings (SSSR count). The molecule has 0 aromatic heterocycles. The van der Waals surface area contributed by atoms with Crippen molar-refractivity contribution in [2.24, 2.45) is 5.73 Å². The van der Waals surface area contributed by atoms with Crippen LogP contribution in [-0.2, 0) is 16.0 Å². The summed E-state index contributed by atoms with van der Waals surface area (Å²) >= 11 is 0. The Morgan fingerprint density at radius 3 is 2.70 bits per heavy atom. The highest BCUT2D eigenvalue weighted by Gasteiger charge is 2.35. The van der Waals surface area contributed by atoms with Crippen molar-refractivity contribution in [2.75, 3.05) is 6.54 Å². The smallest absolute Gasteiger partial charge is 0.326 e. The summed E-state index contributed by atoms with van der Waals surface area (Å²) in [4.78, 5) is 24.7. The summed E-state index contributed by atoms with van der Waals surface area (Å²) in [7, 11) is 0. The highest BCUT2D eigenvalue weighted by Crippen LogP contribution is 2.19. The number of carbonyl (C=O) groups excluding carboxylic acids is 1. The van der Waals surface area contributed by atoms with Crippen LogP contribution in [0.15, 0.2) is 30.3 Å². The first-order valence-electron chi connectivity index (χ1n) is 6.92. The summed E-state index contributed by atoms with van der Waals surface area (Å²) in [5.41, 5.74) is 7.05. The molecule has 0 spiro atoms. The Labute approximate surface area is 118 Å². The number of nitrogens with zero attached hydrogens (tertiary/aromatic N) is 1. The number of carboxylic acid groups (broad SMARTS) is 1. The Bertz CT molecular complexity index is 475. The summed E-state index contributed by atoms with van der Waals surface area (Å²) in [6.45, 7) is 0.495. The van der Waals surface area contributed by atoms with Gasteiger partial charge in [0.15, 0.2) is 0 Å². The SMILES string of the molecule is N[C@@H](CCc1ccccc1)C(=O)N1CCC[C@H]1C(=O)O. The summed E-state index contributed by atoms with van der Waals surface area (Å²) < 4.78 is 0. The van der Waals surface area contributed by atoms with Gasteiger partial charge in [0.1, 0.15) is 6.04 Å². The number of rotatable bonds is 5. The van der Waals surface area contributed by atoms with Crippen molar-refractivity contribution in [2.45, 2.75) is 37.8 Å². The van der Waals surface area contributed by atoms with Gasteiger partial charge in [0.25, 0.3) is 0 Å². The van der Waals surface area contributed by atoms with Gasteiger partial charge in [-0.3, -0.25) is 4.79 Å². The molecule has 1 aliphatic rings. The van der Waals surface area contributed by atoms with E-state index in [1.807, 2.05) is 30.3 Å². The number of hydrogen-bond donors (Lipinski definition) is 2. The second kappa shape index (κ2) is 6.52. The van der Waals surface area contributed by atoms with Gasteiger partial charge in [-0.15, -0.1) is 0 Å². The molecule has 1 aromatic rings. The number of benzene rings is 1. The molecule has 108 valence electrons. The van der Waals surface area contributed by atoms with Crippen LogP contribution in [0.2, 0.25) is 0 Å². The standard InChI is InChI=1S/C15H20N2O3/c16-12(9-8-11-5-2-1-3-6-11)14(18)17-10-4-7-13(17)15(19)20/h1-3,5-6,12-13H,4,7-10,16H2,(H,19,20)/t12-,13-/m0/s1. The number of hydrogen-bond acceptors (Lipinski definition) is 3. The zero-order valence-corrected chi connectivity index (χ0v) is 11.4. The predicted octanol–water partition coefficient (Wildman–Crippen LogP) is 1.02. The molecule has 3 N–H and O–H groups in total. The van der Waals surface area contributed by atoms with Gasteiger partial charge in [-0.1, -0.05) is 30.3 Å². The molecule has 0 aliphatic carbocycles. The second-order valence-electron chi connectivity index (χ2n) is 5.16. The Balaban J connectivity index is 1.90. The van der Waals surface area contributed by atoms with E-state index in [0.29, 0.717) is 19.4 Å². The lowest BCUT2D eigenvalue weighted by molar-refractivity contribution is -0.148. The third-order valence-corrected chi connectivity index (χ3v) is 3.72. The zero-order chi connectivity index (χ0) is 14.5. The molecule has 0 bridgehead atoms. The highest BCUT2D eigenvalue weighted by atomic mass is 16.4. The number of amides is 1. The number of aryl methyl sites for hydroxylation is 1. The fourth-order valence-corrected chi connectivity index (χ4v) is 2.59. The molecule has 1 fully saturated rings. The first-order chi connectivity index (χ1) is 9.59. The Kier molecular flexibility index (Phi) is 4.74. The van der Waals surface area contributed by atoms with E-state index in [9.17, 15) is 9.59 Å². The van der Waals surface area contributed by atoms with Crippen molar-refractivity contribution in [3.05, 3.63) is 35.9 Å². The lowest BCUT2D eigenvalue weighted by Crippen LogP contribution is -2.48. The van der Waals surface area contributed by atoms with Crippen molar-refractivity contribution >= 4 is 11.9 Å². The lowest BCUT2D eigenvalue weighted by Gasteiger charge is -2.24. The first kappa shape index (κ1) is 14.5. The van der Waals surface area contributed by atoms with E-state index in [1.165, 1.54) is 4.90 Å². The summed E-state index contributed by atoms with van der Waals surface area (Å²) in [5, 5.41) is 9.09. The molecule has 1 saturated heterocycles. The Morgan fingerprint density at radius 1 is 1.35 bits per heavy atom. The van der Waals surface area contributed by atoms with Crippen LogP contribution in [0.3, 0.4) is 0 Å². The van der Waals surface area contributed by atoms with E-state index in [4.69, 9.17) is 10.8 Å². The third kappa shape index (κ3) is 3.36. The average molecular weight is 276 g/mol. The van der Waals surface area contributed by atoms with Crippen molar-refractivity contribution < 1.29 is 14.7 Å². The molecule has 1 aliphatic heterocycles. The van der Waals surface area contributed by atoms with E-state index < -0.39 is 18.1 Å². The maximum absolute atomic E-state index is 12.2. The summed E-state index contributed by atoms with van der Waals surface area (Å²) in [6, 6.07) is 8.49. The summed E-state index contributed by atoms with van der Waals surface area (Å²) in [6.07, 6.45) is 2.51. The molecule has 2 atom stereocenters. The molecule has 0 unspecified atom stereocenters. The number of aliphatic carboxylic acids is 1. The van der Waals surface area contributed by atoms with Crippen molar-refractivity contribution in [1.82, 2.24) is 4.90 Å². The van der Waals surface area contributed by atoms with Gasteiger partial charge in [-0.25, -0.2) is 4.79 Å². The van der Waals surface area contributed by atoms with Gasteiger partial charge in [-0.05, 0) is 31.2 Å². The molecule has 5 nitrogen and oxygen atoms in total. The van der Waals surface area contributed by atoms with Gasteiger partial charge in [0, 0.05) is 6.54 Å². The highest BCUT2D eigenvalue weighted by molar-refractivity contribution is 5.87. The normalized spacial score (nSPS) is 19.9. The number of nitrogens with two attached hydrogens (primary N) is 1. The van der Waals surface area contributed by atoms with E-state index in [-0.39, 0.29) is 5.91 Å². The minimum atomic E-state index is -0.939. The summed E-state index contributed by atoms with van der Waals surface area (Å²) in [5.74, 6) is -1.18. The molecule has 20 heavy (non-hydrogen) atoms. The van der Waals surface area contributed by atoms with Crippen molar-refractivity contribution in [3.63, 3.8) is 0 Å². The van der Waals surface area contributed by atoms with Gasteiger partial charge < -0.3 is 15.7 Å². The van der Waals surface area contributed by atoms with E-state index >= 15 is 0 Å².